The molecule has 0 fully saturated rings. The average Bonchev–Trinajstić information content (AvgIpc) is 2.40. The first-order valence-electron chi connectivity index (χ1n) is 8.60. The molecule has 2 nitrogen and oxygen atoms in total. The second-order valence-corrected chi connectivity index (χ2v) is 6.09. The molecule has 1 atom stereocenters. The Bertz CT molecular complexity index is 182. The maximum atomic E-state index is 10.1. The Labute approximate surface area is 120 Å². The SMILES string of the molecule is CCCCCCCCCCCCCCC(C)CN=O. The molecule has 0 heterocycles. The van der Waals surface area contributed by atoms with Crippen molar-refractivity contribution in [2.75, 3.05) is 6.54 Å². The summed E-state index contributed by atoms with van der Waals surface area (Å²) in [6.07, 6.45) is 17.9. The first-order chi connectivity index (χ1) is 9.31. The zero-order valence-electron chi connectivity index (χ0n) is 13.3. The fourth-order valence-electron chi connectivity index (χ4n) is 2.55. The van der Waals surface area contributed by atoms with Crippen molar-refractivity contribution in [3.63, 3.8) is 0 Å². The summed E-state index contributed by atoms with van der Waals surface area (Å²) in [5, 5.41) is 2.96. The lowest BCUT2D eigenvalue weighted by atomic mass is 10.0. The predicted octanol–water partition coefficient (Wildman–Crippen LogP) is 6.48. The summed E-state index contributed by atoms with van der Waals surface area (Å²) in [4.78, 5) is 10.1. The van der Waals surface area contributed by atoms with Gasteiger partial charge in [0, 0.05) is 0 Å². The smallest absolute Gasteiger partial charge is 0.0836 e. The van der Waals surface area contributed by atoms with Crippen LogP contribution < -0.4 is 0 Å². The van der Waals surface area contributed by atoms with E-state index in [1.54, 1.807) is 0 Å². The Morgan fingerprint density at radius 2 is 1.16 bits per heavy atom. The predicted molar refractivity (Wildman–Crippen MR) is 85.5 cm³/mol. The lowest BCUT2D eigenvalue weighted by molar-refractivity contribution is 0.485. The van der Waals surface area contributed by atoms with Gasteiger partial charge in [-0.1, -0.05) is 96.1 Å². The lowest BCUT2D eigenvalue weighted by Gasteiger charge is -2.06. The van der Waals surface area contributed by atoms with E-state index in [9.17, 15) is 4.91 Å². The van der Waals surface area contributed by atoms with Gasteiger partial charge in [0.1, 0.15) is 0 Å². The van der Waals surface area contributed by atoms with Gasteiger partial charge >= 0.3 is 0 Å². The molecule has 0 aliphatic heterocycles. The number of rotatable bonds is 15. The summed E-state index contributed by atoms with van der Waals surface area (Å²) >= 11 is 0. The molecule has 0 saturated carbocycles. The molecule has 0 aliphatic rings. The molecule has 0 spiro atoms. The highest BCUT2D eigenvalue weighted by Crippen LogP contribution is 2.14. The Morgan fingerprint density at radius 1 is 0.737 bits per heavy atom. The molecule has 2 heteroatoms. The molecule has 0 N–H and O–H groups in total. The molecule has 0 rings (SSSR count). The summed E-state index contributed by atoms with van der Waals surface area (Å²) < 4.78 is 0. The quantitative estimate of drug-likeness (QED) is 0.247. The van der Waals surface area contributed by atoms with Crippen molar-refractivity contribution < 1.29 is 0 Å². The van der Waals surface area contributed by atoms with Crippen molar-refractivity contribution in [2.45, 2.75) is 97.3 Å². The van der Waals surface area contributed by atoms with Crippen LogP contribution in [0, 0.1) is 10.8 Å². The molecule has 114 valence electrons. The number of nitrogens with zero attached hydrogens (tertiary/aromatic N) is 1. The van der Waals surface area contributed by atoms with Crippen LogP contribution in [0.1, 0.15) is 97.3 Å². The fraction of sp³-hybridized carbons (Fsp3) is 1.00. The minimum absolute atomic E-state index is 0.487. The molecule has 0 aromatic rings. The van der Waals surface area contributed by atoms with E-state index >= 15 is 0 Å². The van der Waals surface area contributed by atoms with Gasteiger partial charge in [0.05, 0.1) is 6.54 Å². The third kappa shape index (κ3) is 15.5. The van der Waals surface area contributed by atoms with Crippen LogP contribution in [-0.4, -0.2) is 6.54 Å². The van der Waals surface area contributed by atoms with E-state index in [4.69, 9.17) is 0 Å². The van der Waals surface area contributed by atoms with Crippen molar-refractivity contribution >= 4 is 0 Å². The van der Waals surface area contributed by atoms with Crippen molar-refractivity contribution in [3.8, 4) is 0 Å². The van der Waals surface area contributed by atoms with Crippen LogP contribution in [0.5, 0.6) is 0 Å². The van der Waals surface area contributed by atoms with Crippen LogP contribution in [-0.2, 0) is 0 Å². The van der Waals surface area contributed by atoms with Crippen molar-refractivity contribution in [3.05, 3.63) is 4.91 Å². The number of unbranched alkanes of at least 4 members (excludes halogenated alkanes) is 11. The lowest BCUT2D eigenvalue weighted by Crippen LogP contribution is -1.98. The van der Waals surface area contributed by atoms with Gasteiger partial charge in [-0.25, -0.2) is 0 Å². The largest absolute Gasteiger partial charge is 0.151 e. The highest BCUT2D eigenvalue weighted by atomic mass is 16.3. The third-order valence-electron chi connectivity index (χ3n) is 3.94. The van der Waals surface area contributed by atoms with Crippen molar-refractivity contribution in [2.24, 2.45) is 11.1 Å². The van der Waals surface area contributed by atoms with E-state index in [0.717, 1.165) is 0 Å². The highest BCUT2D eigenvalue weighted by Gasteiger charge is 2.01. The van der Waals surface area contributed by atoms with Crippen molar-refractivity contribution in [1.82, 2.24) is 0 Å². The van der Waals surface area contributed by atoms with E-state index in [1.807, 2.05) is 0 Å². The molecule has 0 aromatic heterocycles. The van der Waals surface area contributed by atoms with Gasteiger partial charge in [-0.3, -0.25) is 0 Å². The molecule has 0 radical (unpaired) electrons. The Kier molecular flexibility index (Phi) is 15.3. The van der Waals surface area contributed by atoms with Crippen LogP contribution >= 0.6 is 0 Å². The van der Waals surface area contributed by atoms with Crippen molar-refractivity contribution in [1.29, 1.82) is 0 Å². The van der Waals surface area contributed by atoms with Crippen LogP contribution in [0.4, 0.5) is 0 Å². The molecule has 19 heavy (non-hydrogen) atoms. The minimum Gasteiger partial charge on any atom is -0.151 e. The molecule has 1 unspecified atom stereocenters. The molecule has 0 saturated heterocycles. The highest BCUT2D eigenvalue weighted by molar-refractivity contribution is 4.56. The minimum atomic E-state index is 0.487. The van der Waals surface area contributed by atoms with Gasteiger partial charge in [-0.05, 0) is 12.3 Å². The van der Waals surface area contributed by atoms with Gasteiger partial charge < -0.3 is 0 Å². The van der Waals surface area contributed by atoms with E-state index < -0.39 is 0 Å². The van der Waals surface area contributed by atoms with E-state index in [2.05, 4.69) is 19.0 Å². The third-order valence-corrected chi connectivity index (χ3v) is 3.94. The van der Waals surface area contributed by atoms with Crippen LogP contribution in [0.25, 0.3) is 0 Å². The Balaban J connectivity index is 3.00. The molecule has 0 aliphatic carbocycles. The van der Waals surface area contributed by atoms with E-state index in [1.165, 1.54) is 83.5 Å². The normalized spacial score (nSPS) is 12.5. The topological polar surface area (TPSA) is 29.4 Å². The second-order valence-electron chi connectivity index (χ2n) is 6.09. The van der Waals surface area contributed by atoms with Gasteiger partial charge in [-0.15, -0.1) is 0 Å². The molecule has 0 amide bonds. The fourth-order valence-corrected chi connectivity index (χ4v) is 2.55. The zero-order valence-corrected chi connectivity index (χ0v) is 13.3. The number of hydrogen-bond acceptors (Lipinski definition) is 2. The molecule has 0 aromatic carbocycles. The van der Waals surface area contributed by atoms with Gasteiger partial charge in [-0.2, -0.15) is 4.91 Å². The Morgan fingerprint density at radius 3 is 1.58 bits per heavy atom. The van der Waals surface area contributed by atoms with Gasteiger partial charge in [0.15, 0.2) is 0 Å². The van der Waals surface area contributed by atoms with E-state index in [-0.39, 0.29) is 0 Å². The maximum Gasteiger partial charge on any atom is 0.0836 e. The summed E-state index contributed by atoms with van der Waals surface area (Å²) in [6, 6.07) is 0. The summed E-state index contributed by atoms with van der Waals surface area (Å²) in [5.41, 5.74) is 0. The Hall–Kier alpha value is -0.400. The summed E-state index contributed by atoms with van der Waals surface area (Å²) in [5.74, 6) is 0.487. The molecule has 0 bridgehead atoms. The first-order valence-corrected chi connectivity index (χ1v) is 8.60. The van der Waals surface area contributed by atoms with Crippen LogP contribution in [0.3, 0.4) is 0 Å². The maximum absolute atomic E-state index is 10.1. The van der Waals surface area contributed by atoms with E-state index in [0.29, 0.717) is 12.5 Å². The second kappa shape index (κ2) is 15.7. The summed E-state index contributed by atoms with van der Waals surface area (Å²) in [6.45, 7) is 4.90. The van der Waals surface area contributed by atoms with Gasteiger partial charge in [0.2, 0.25) is 0 Å². The molecular formula is C17H35NO. The van der Waals surface area contributed by atoms with Crippen LogP contribution in [0.2, 0.25) is 0 Å². The van der Waals surface area contributed by atoms with Crippen LogP contribution in [0.15, 0.2) is 5.18 Å². The molecular weight excluding hydrogens is 234 g/mol. The number of nitroso groups, excluding NO2 is 1. The average molecular weight is 269 g/mol. The standard InChI is InChI=1S/C17H35NO/c1-3-4-5-6-7-8-9-10-11-12-13-14-15-17(2)16-18-19/h17H,3-16H2,1-2H3. The zero-order chi connectivity index (χ0) is 14.2. The first kappa shape index (κ1) is 18.6. The summed E-state index contributed by atoms with van der Waals surface area (Å²) in [7, 11) is 0. The monoisotopic (exact) mass is 269 g/mol. The van der Waals surface area contributed by atoms with Gasteiger partial charge in [0.25, 0.3) is 0 Å². The number of hydrogen-bond donors (Lipinski definition) is 0.